The quantitative estimate of drug-likeness (QED) is 0.744. The second kappa shape index (κ2) is 6.25. The van der Waals surface area contributed by atoms with Gasteiger partial charge in [0.2, 0.25) is 0 Å². The molecule has 0 unspecified atom stereocenters. The predicted octanol–water partition coefficient (Wildman–Crippen LogP) is 4.17. The summed E-state index contributed by atoms with van der Waals surface area (Å²) in [6.07, 6.45) is 4.67. The van der Waals surface area contributed by atoms with Crippen molar-refractivity contribution in [3.63, 3.8) is 0 Å². The number of benzene rings is 1. The minimum absolute atomic E-state index is 0.336. The molecule has 92 valence electrons. The fourth-order valence-corrected chi connectivity index (χ4v) is 3.27. The molecule has 17 heavy (non-hydrogen) atoms. The molecule has 0 saturated heterocycles. The van der Waals surface area contributed by atoms with Crippen LogP contribution in [0.4, 0.5) is 0 Å². The van der Waals surface area contributed by atoms with Gasteiger partial charge in [-0.3, -0.25) is 4.79 Å². The van der Waals surface area contributed by atoms with Crippen molar-refractivity contribution in [3.8, 4) is 0 Å². The van der Waals surface area contributed by atoms with Crippen molar-refractivity contribution in [3.05, 3.63) is 30.3 Å². The highest BCUT2D eigenvalue weighted by molar-refractivity contribution is 8.00. The van der Waals surface area contributed by atoms with Gasteiger partial charge in [0, 0.05) is 10.8 Å². The fraction of sp³-hybridized carbons (Fsp3) is 0.533. The van der Waals surface area contributed by atoms with E-state index in [1.54, 1.807) is 11.8 Å². The van der Waals surface area contributed by atoms with Gasteiger partial charge in [-0.25, -0.2) is 0 Å². The molecule has 1 fully saturated rings. The van der Waals surface area contributed by atoms with Gasteiger partial charge in [0.05, 0.1) is 5.75 Å². The van der Waals surface area contributed by atoms with Crippen molar-refractivity contribution < 1.29 is 4.79 Å². The highest BCUT2D eigenvalue weighted by Crippen LogP contribution is 2.30. The maximum atomic E-state index is 12.1. The zero-order chi connectivity index (χ0) is 12.1. The maximum absolute atomic E-state index is 12.1. The highest BCUT2D eigenvalue weighted by Gasteiger charge is 2.23. The van der Waals surface area contributed by atoms with E-state index in [0.29, 0.717) is 17.5 Å². The molecule has 0 N–H and O–H groups in total. The SMILES string of the molecule is CC1CCC(C(=O)CSc2ccccc2)CC1. The van der Waals surface area contributed by atoms with Crippen molar-refractivity contribution in [2.45, 2.75) is 37.5 Å². The van der Waals surface area contributed by atoms with Gasteiger partial charge >= 0.3 is 0 Å². The van der Waals surface area contributed by atoms with Gasteiger partial charge in [0.25, 0.3) is 0 Å². The Morgan fingerprint density at radius 2 is 1.82 bits per heavy atom. The number of rotatable bonds is 4. The molecule has 0 amide bonds. The summed E-state index contributed by atoms with van der Waals surface area (Å²) < 4.78 is 0. The third kappa shape index (κ3) is 3.88. The van der Waals surface area contributed by atoms with Gasteiger partial charge in [-0.1, -0.05) is 38.0 Å². The Balaban J connectivity index is 1.78. The Bertz CT molecular complexity index is 352. The highest BCUT2D eigenvalue weighted by atomic mass is 32.2. The zero-order valence-electron chi connectivity index (χ0n) is 10.4. The monoisotopic (exact) mass is 248 g/mol. The van der Waals surface area contributed by atoms with Crippen LogP contribution in [0, 0.1) is 11.8 Å². The van der Waals surface area contributed by atoms with Crippen molar-refractivity contribution in [1.29, 1.82) is 0 Å². The van der Waals surface area contributed by atoms with E-state index < -0.39 is 0 Å². The van der Waals surface area contributed by atoms with Crippen molar-refractivity contribution in [1.82, 2.24) is 0 Å². The Kier molecular flexibility index (Phi) is 4.66. The molecule has 0 aliphatic heterocycles. The van der Waals surface area contributed by atoms with Crippen LogP contribution in [0.1, 0.15) is 32.6 Å². The summed E-state index contributed by atoms with van der Waals surface area (Å²) in [5.74, 6) is 2.25. The molecule has 1 aliphatic rings. The van der Waals surface area contributed by atoms with Gasteiger partial charge in [-0.2, -0.15) is 0 Å². The van der Waals surface area contributed by atoms with Crippen LogP contribution in [0.2, 0.25) is 0 Å². The molecular weight excluding hydrogens is 228 g/mol. The molecule has 2 rings (SSSR count). The Morgan fingerprint density at radius 1 is 1.18 bits per heavy atom. The van der Waals surface area contributed by atoms with E-state index in [1.807, 2.05) is 18.2 Å². The van der Waals surface area contributed by atoms with Crippen LogP contribution in [0.5, 0.6) is 0 Å². The largest absolute Gasteiger partial charge is 0.298 e. The van der Waals surface area contributed by atoms with Gasteiger partial charge in [0.15, 0.2) is 0 Å². The molecule has 0 aromatic heterocycles. The summed E-state index contributed by atoms with van der Waals surface area (Å²) >= 11 is 1.67. The minimum Gasteiger partial charge on any atom is -0.298 e. The van der Waals surface area contributed by atoms with Gasteiger partial charge in [0.1, 0.15) is 5.78 Å². The lowest BCUT2D eigenvalue weighted by molar-refractivity contribution is -0.121. The zero-order valence-corrected chi connectivity index (χ0v) is 11.2. The Hall–Kier alpha value is -0.760. The van der Waals surface area contributed by atoms with Crippen LogP contribution in [-0.2, 0) is 4.79 Å². The number of carbonyl (C=O) groups is 1. The van der Waals surface area contributed by atoms with Crippen molar-refractivity contribution >= 4 is 17.5 Å². The first kappa shape index (κ1) is 12.7. The normalized spacial score (nSPS) is 24.5. The summed E-state index contributed by atoms with van der Waals surface area (Å²) in [5, 5.41) is 0. The van der Waals surface area contributed by atoms with Crippen LogP contribution < -0.4 is 0 Å². The van der Waals surface area contributed by atoms with E-state index in [1.165, 1.54) is 17.7 Å². The molecule has 0 spiro atoms. The third-order valence-electron chi connectivity index (χ3n) is 3.60. The minimum atomic E-state index is 0.336. The van der Waals surface area contributed by atoms with Crippen molar-refractivity contribution in [2.24, 2.45) is 11.8 Å². The van der Waals surface area contributed by atoms with Gasteiger partial charge in [-0.05, 0) is 30.9 Å². The number of carbonyl (C=O) groups excluding carboxylic acids is 1. The summed E-state index contributed by atoms with van der Waals surface area (Å²) in [6.45, 7) is 2.29. The molecular formula is C15H20OS. The Morgan fingerprint density at radius 3 is 2.47 bits per heavy atom. The number of ketones is 1. The molecule has 0 atom stereocenters. The standard InChI is InChI=1S/C15H20OS/c1-12-7-9-13(10-8-12)15(16)11-17-14-5-3-2-4-6-14/h2-6,12-13H,7-11H2,1H3. The summed E-state index contributed by atoms with van der Waals surface area (Å²) in [6, 6.07) is 10.2. The summed E-state index contributed by atoms with van der Waals surface area (Å²) in [5.41, 5.74) is 0. The van der Waals surface area contributed by atoms with Crippen LogP contribution in [0.3, 0.4) is 0 Å². The molecule has 1 aromatic rings. The molecule has 0 heterocycles. The molecule has 0 bridgehead atoms. The van der Waals surface area contributed by atoms with E-state index >= 15 is 0 Å². The number of thioether (sulfide) groups is 1. The van der Waals surface area contributed by atoms with Gasteiger partial charge < -0.3 is 0 Å². The van der Waals surface area contributed by atoms with E-state index in [9.17, 15) is 4.79 Å². The molecule has 2 heteroatoms. The third-order valence-corrected chi connectivity index (χ3v) is 4.63. The molecule has 1 aromatic carbocycles. The lowest BCUT2D eigenvalue weighted by atomic mass is 9.81. The number of hydrogen-bond acceptors (Lipinski definition) is 2. The van der Waals surface area contributed by atoms with Gasteiger partial charge in [-0.15, -0.1) is 11.8 Å². The van der Waals surface area contributed by atoms with Crippen LogP contribution in [-0.4, -0.2) is 11.5 Å². The first-order valence-electron chi connectivity index (χ1n) is 6.46. The first-order valence-corrected chi connectivity index (χ1v) is 7.45. The van der Waals surface area contributed by atoms with E-state index in [0.717, 1.165) is 18.8 Å². The molecule has 0 radical (unpaired) electrons. The fourth-order valence-electron chi connectivity index (χ4n) is 2.37. The second-order valence-corrected chi connectivity index (χ2v) is 6.07. The lowest BCUT2D eigenvalue weighted by Gasteiger charge is -2.24. The molecule has 1 nitrogen and oxygen atoms in total. The summed E-state index contributed by atoms with van der Waals surface area (Å²) in [4.78, 5) is 13.3. The van der Waals surface area contributed by atoms with E-state index in [4.69, 9.17) is 0 Å². The van der Waals surface area contributed by atoms with Crippen LogP contribution >= 0.6 is 11.8 Å². The number of hydrogen-bond donors (Lipinski definition) is 0. The average Bonchev–Trinajstić information content (AvgIpc) is 2.38. The smallest absolute Gasteiger partial charge is 0.146 e. The second-order valence-electron chi connectivity index (χ2n) is 5.02. The van der Waals surface area contributed by atoms with Crippen LogP contribution in [0.15, 0.2) is 35.2 Å². The topological polar surface area (TPSA) is 17.1 Å². The van der Waals surface area contributed by atoms with E-state index in [2.05, 4.69) is 19.1 Å². The first-order chi connectivity index (χ1) is 8.25. The van der Waals surface area contributed by atoms with Crippen LogP contribution in [0.25, 0.3) is 0 Å². The Labute approximate surface area is 108 Å². The van der Waals surface area contributed by atoms with E-state index in [-0.39, 0.29) is 0 Å². The van der Waals surface area contributed by atoms with Crippen molar-refractivity contribution in [2.75, 3.05) is 5.75 Å². The number of Topliss-reactive ketones (excluding diaryl/α,β-unsaturated/α-hetero) is 1. The predicted molar refractivity (Wildman–Crippen MR) is 73.3 cm³/mol. The molecule has 1 aliphatic carbocycles. The maximum Gasteiger partial charge on any atom is 0.146 e. The molecule has 1 saturated carbocycles. The average molecular weight is 248 g/mol. The lowest BCUT2D eigenvalue weighted by Crippen LogP contribution is -2.22. The summed E-state index contributed by atoms with van der Waals surface area (Å²) in [7, 11) is 0.